The van der Waals surface area contributed by atoms with E-state index in [9.17, 15) is 4.39 Å². The molecule has 1 rings (SSSR count). The lowest BCUT2D eigenvalue weighted by Gasteiger charge is -2.11. The van der Waals surface area contributed by atoms with Gasteiger partial charge in [-0.1, -0.05) is 0 Å². The van der Waals surface area contributed by atoms with Gasteiger partial charge in [0.05, 0.1) is 0 Å². The lowest BCUT2D eigenvalue weighted by atomic mass is 10.2. The van der Waals surface area contributed by atoms with Crippen LogP contribution in [0.1, 0.15) is 6.42 Å². The maximum atomic E-state index is 12.9. The number of nitrogens with one attached hydrogen (secondary N) is 1. The molecule has 0 saturated carbocycles. The van der Waals surface area contributed by atoms with Crippen LogP contribution in [0.4, 0.5) is 15.8 Å². The largest absolute Gasteiger partial charge is 0.399 e. The first kappa shape index (κ1) is 11.8. The van der Waals surface area contributed by atoms with Crippen LogP contribution in [0, 0.1) is 5.82 Å². The molecule has 0 amide bonds. The van der Waals surface area contributed by atoms with E-state index in [2.05, 4.69) is 10.2 Å². The molecule has 15 heavy (non-hydrogen) atoms. The van der Waals surface area contributed by atoms with Crippen LogP contribution < -0.4 is 11.1 Å². The quantitative estimate of drug-likeness (QED) is 0.576. The van der Waals surface area contributed by atoms with Crippen LogP contribution in [0.3, 0.4) is 0 Å². The van der Waals surface area contributed by atoms with Crippen molar-refractivity contribution in [1.29, 1.82) is 0 Å². The highest BCUT2D eigenvalue weighted by atomic mass is 19.1. The topological polar surface area (TPSA) is 41.3 Å². The Hall–Kier alpha value is -1.29. The SMILES string of the molecule is CN(C)CCCNc1cc(N)cc(F)c1. The zero-order valence-electron chi connectivity index (χ0n) is 9.26. The van der Waals surface area contributed by atoms with Crippen molar-refractivity contribution in [3.63, 3.8) is 0 Å². The smallest absolute Gasteiger partial charge is 0.127 e. The van der Waals surface area contributed by atoms with E-state index in [1.54, 1.807) is 6.07 Å². The second kappa shape index (κ2) is 5.56. The molecule has 0 saturated heterocycles. The molecule has 1 aromatic carbocycles. The first-order chi connectivity index (χ1) is 7.08. The second-order valence-corrected chi connectivity index (χ2v) is 3.86. The van der Waals surface area contributed by atoms with E-state index in [0.29, 0.717) is 5.69 Å². The molecule has 0 aromatic heterocycles. The third-order valence-corrected chi connectivity index (χ3v) is 2.03. The van der Waals surface area contributed by atoms with Crippen molar-refractivity contribution < 1.29 is 4.39 Å². The van der Waals surface area contributed by atoms with Gasteiger partial charge in [0.15, 0.2) is 0 Å². The van der Waals surface area contributed by atoms with E-state index >= 15 is 0 Å². The minimum atomic E-state index is -0.301. The summed E-state index contributed by atoms with van der Waals surface area (Å²) in [6, 6.07) is 4.50. The molecule has 0 heterocycles. The first-order valence-electron chi connectivity index (χ1n) is 5.02. The number of nitrogens with two attached hydrogens (primary N) is 1. The third kappa shape index (κ3) is 4.65. The van der Waals surface area contributed by atoms with Crippen LogP contribution in [-0.4, -0.2) is 32.1 Å². The molecular formula is C11H18FN3. The number of halogens is 1. The predicted molar refractivity (Wildman–Crippen MR) is 62.5 cm³/mol. The lowest BCUT2D eigenvalue weighted by molar-refractivity contribution is 0.405. The molecule has 0 aliphatic carbocycles. The van der Waals surface area contributed by atoms with E-state index in [1.165, 1.54) is 12.1 Å². The molecule has 0 bridgehead atoms. The number of hydrogen-bond donors (Lipinski definition) is 2. The van der Waals surface area contributed by atoms with E-state index in [1.807, 2.05) is 14.1 Å². The van der Waals surface area contributed by atoms with Gasteiger partial charge in [-0.2, -0.15) is 0 Å². The summed E-state index contributed by atoms with van der Waals surface area (Å²) in [4.78, 5) is 2.11. The van der Waals surface area contributed by atoms with Crippen molar-refractivity contribution in [2.45, 2.75) is 6.42 Å². The summed E-state index contributed by atoms with van der Waals surface area (Å²) in [5.74, 6) is -0.301. The van der Waals surface area contributed by atoms with Gasteiger partial charge in [0, 0.05) is 17.9 Å². The fraction of sp³-hybridized carbons (Fsp3) is 0.455. The molecule has 0 aliphatic rings. The van der Waals surface area contributed by atoms with Crippen molar-refractivity contribution in [3.05, 3.63) is 24.0 Å². The summed E-state index contributed by atoms with van der Waals surface area (Å²) in [5.41, 5.74) is 6.71. The second-order valence-electron chi connectivity index (χ2n) is 3.86. The van der Waals surface area contributed by atoms with Crippen LogP contribution >= 0.6 is 0 Å². The van der Waals surface area contributed by atoms with Crippen LogP contribution in [-0.2, 0) is 0 Å². The van der Waals surface area contributed by atoms with Crippen LogP contribution in [0.25, 0.3) is 0 Å². The van der Waals surface area contributed by atoms with Crippen molar-refractivity contribution in [3.8, 4) is 0 Å². The molecular weight excluding hydrogens is 193 g/mol. The number of rotatable bonds is 5. The zero-order chi connectivity index (χ0) is 11.3. The highest BCUT2D eigenvalue weighted by Gasteiger charge is 1.97. The van der Waals surface area contributed by atoms with E-state index in [-0.39, 0.29) is 5.82 Å². The van der Waals surface area contributed by atoms with Gasteiger partial charge < -0.3 is 16.0 Å². The Labute approximate surface area is 90.1 Å². The maximum absolute atomic E-state index is 12.9. The zero-order valence-corrected chi connectivity index (χ0v) is 9.26. The number of anilines is 2. The van der Waals surface area contributed by atoms with Gasteiger partial charge in [-0.15, -0.1) is 0 Å². The molecule has 0 radical (unpaired) electrons. The summed E-state index contributed by atoms with van der Waals surface area (Å²) >= 11 is 0. The summed E-state index contributed by atoms with van der Waals surface area (Å²) in [5, 5.41) is 3.14. The van der Waals surface area contributed by atoms with Crippen molar-refractivity contribution in [2.75, 3.05) is 38.2 Å². The Morgan fingerprint density at radius 2 is 2.07 bits per heavy atom. The summed E-state index contributed by atoms with van der Waals surface area (Å²) < 4.78 is 12.9. The molecule has 0 atom stereocenters. The van der Waals surface area contributed by atoms with Gasteiger partial charge in [0.2, 0.25) is 0 Å². The molecule has 3 N–H and O–H groups in total. The van der Waals surface area contributed by atoms with Crippen LogP contribution in [0.15, 0.2) is 18.2 Å². The molecule has 0 aliphatic heterocycles. The fourth-order valence-electron chi connectivity index (χ4n) is 1.34. The summed E-state index contributed by atoms with van der Waals surface area (Å²) in [6.07, 6.45) is 1.02. The van der Waals surface area contributed by atoms with Crippen LogP contribution in [0.5, 0.6) is 0 Å². The summed E-state index contributed by atoms with van der Waals surface area (Å²) in [6.45, 7) is 1.83. The van der Waals surface area contributed by atoms with Gasteiger partial charge in [-0.3, -0.25) is 0 Å². The standard InChI is InChI=1S/C11H18FN3/c1-15(2)5-3-4-14-11-7-9(12)6-10(13)8-11/h6-8,14H,3-5,13H2,1-2H3. The van der Waals surface area contributed by atoms with Crippen molar-refractivity contribution in [1.82, 2.24) is 4.90 Å². The van der Waals surface area contributed by atoms with Crippen LogP contribution in [0.2, 0.25) is 0 Å². The lowest BCUT2D eigenvalue weighted by Crippen LogP contribution is -2.16. The number of benzene rings is 1. The summed E-state index contributed by atoms with van der Waals surface area (Å²) in [7, 11) is 4.06. The number of hydrogen-bond acceptors (Lipinski definition) is 3. The highest BCUT2D eigenvalue weighted by molar-refractivity contribution is 5.54. The normalized spacial score (nSPS) is 10.7. The average Bonchev–Trinajstić information content (AvgIpc) is 2.10. The molecule has 84 valence electrons. The Balaban J connectivity index is 2.37. The molecule has 0 spiro atoms. The Kier molecular flexibility index (Phi) is 4.37. The predicted octanol–water partition coefficient (Wildman–Crippen LogP) is 1.77. The van der Waals surface area contributed by atoms with Gasteiger partial charge in [0.1, 0.15) is 5.82 Å². The molecule has 1 aromatic rings. The Morgan fingerprint density at radius 3 is 2.67 bits per heavy atom. The number of nitrogens with zero attached hydrogens (tertiary/aromatic N) is 1. The molecule has 0 unspecified atom stereocenters. The minimum absolute atomic E-state index is 0.301. The maximum Gasteiger partial charge on any atom is 0.127 e. The van der Waals surface area contributed by atoms with Gasteiger partial charge >= 0.3 is 0 Å². The first-order valence-corrected chi connectivity index (χ1v) is 5.02. The van der Waals surface area contributed by atoms with Gasteiger partial charge in [0.25, 0.3) is 0 Å². The van der Waals surface area contributed by atoms with E-state index < -0.39 is 0 Å². The molecule has 0 fully saturated rings. The Bertz CT molecular complexity index is 292. The number of nitrogen functional groups attached to an aromatic ring is 1. The fourth-order valence-corrected chi connectivity index (χ4v) is 1.34. The average molecular weight is 211 g/mol. The minimum Gasteiger partial charge on any atom is -0.399 e. The van der Waals surface area contributed by atoms with E-state index in [4.69, 9.17) is 5.73 Å². The monoisotopic (exact) mass is 211 g/mol. The van der Waals surface area contributed by atoms with Crippen molar-refractivity contribution >= 4 is 11.4 Å². The Morgan fingerprint density at radius 1 is 1.33 bits per heavy atom. The van der Waals surface area contributed by atoms with Gasteiger partial charge in [-0.25, -0.2) is 4.39 Å². The van der Waals surface area contributed by atoms with Gasteiger partial charge in [-0.05, 0) is 45.3 Å². The highest BCUT2D eigenvalue weighted by Crippen LogP contribution is 2.15. The van der Waals surface area contributed by atoms with E-state index in [0.717, 1.165) is 25.2 Å². The third-order valence-electron chi connectivity index (χ3n) is 2.03. The van der Waals surface area contributed by atoms with Crippen molar-refractivity contribution in [2.24, 2.45) is 0 Å². The molecule has 3 nitrogen and oxygen atoms in total. The molecule has 4 heteroatoms.